The van der Waals surface area contributed by atoms with Crippen molar-refractivity contribution in [2.45, 2.75) is 0 Å². The summed E-state index contributed by atoms with van der Waals surface area (Å²) >= 11 is 0. The van der Waals surface area contributed by atoms with Gasteiger partial charge in [-0.25, -0.2) is 0 Å². The zero-order chi connectivity index (χ0) is 19.4. The van der Waals surface area contributed by atoms with E-state index in [9.17, 15) is 14.9 Å². The highest BCUT2D eigenvalue weighted by molar-refractivity contribution is 6.03. The minimum absolute atomic E-state index is 0.00257. The van der Waals surface area contributed by atoms with Crippen LogP contribution in [-0.4, -0.2) is 31.8 Å². The van der Waals surface area contributed by atoms with Crippen molar-refractivity contribution in [2.75, 3.05) is 26.3 Å². The largest absolute Gasteiger partial charge is 0.497 e. The summed E-state index contributed by atoms with van der Waals surface area (Å²) in [6.45, 7) is -0.00257. The van der Waals surface area contributed by atoms with Gasteiger partial charge in [0, 0.05) is 12.1 Å². The Bertz CT molecular complexity index is 924. The Hall–Kier alpha value is -3.75. The van der Waals surface area contributed by atoms with Crippen molar-refractivity contribution in [3.8, 4) is 23.0 Å². The van der Waals surface area contributed by atoms with E-state index in [0.717, 1.165) is 0 Å². The second kappa shape index (κ2) is 7.65. The minimum atomic E-state index is -0.550. The molecule has 0 atom stereocenters. The average molecular weight is 372 g/mol. The lowest BCUT2D eigenvalue weighted by molar-refractivity contribution is -0.385. The molecule has 1 N–H and O–H groups in total. The number of nitro groups is 1. The van der Waals surface area contributed by atoms with Crippen LogP contribution in [0.25, 0.3) is 6.08 Å². The van der Waals surface area contributed by atoms with E-state index in [0.29, 0.717) is 28.7 Å². The summed E-state index contributed by atoms with van der Waals surface area (Å²) in [5.41, 5.74) is 0.472. The molecule has 0 radical (unpaired) electrons. The predicted octanol–water partition coefficient (Wildman–Crippen LogP) is 2.99. The van der Waals surface area contributed by atoms with E-state index in [4.69, 9.17) is 18.9 Å². The third kappa shape index (κ3) is 3.92. The normalized spacial score (nSPS) is 12.1. The molecular formula is C18H16N2O7. The van der Waals surface area contributed by atoms with Gasteiger partial charge >= 0.3 is 0 Å². The summed E-state index contributed by atoms with van der Waals surface area (Å²) < 4.78 is 20.7. The number of fused-ring (bicyclic) bond motifs is 1. The molecule has 0 saturated carbocycles. The van der Waals surface area contributed by atoms with Gasteiger partial charge in [0.1, 0.15) is 11.5 Å². The molecule has 0 aromatic heterocycles. The quantitative estimate of drug-likeness (QED) is 0.471. The Morgan fingerprint density at radius 1 is 1.19 bits per heavy atom. The Kier molecular flexibility index (Phi) is 5.11. The van der Waals surface area contributed by atoms with E-state index in [2.05, 4.69) is 5.32 Å². The fraction of sp³-hybridized carbons (Fsp3) is 0.167. The number of nitrogens with zero attached hydrogens (tertiary/aromatic N) is 1. The van der Waals surface area contributed by atoms with Crippen molar-refractivity contribution in [2.24, 2.45) is 0 Å². The Labute approximate surface area is 154 Å². The number of hydrogen-bond acceptors (Lipinski definition) is 7. The highest BCUT2D eigenvalue weighted by Gasteiger charge is 2.22. The first-order valence-corrected chi connectivity index (χ1v) is 7.81. The van der Waals surface area contributed by atoms with E-state index in [1.165, 1.54) is 38.5 Å². The Balaban J connectivity index is 1.80. The molecule has 0 bridgehead atoms. The Morgan fingerprint density at radius 2 is 1.93 bits per heavy atom. The first kappa shape index (κ1) is 18.1. The zero-order valence-corrected chi connectivity index (χ0v) is 14.6. The number of ether oxygens (including phenoxy) is 4. The maximum absolute atomic E-state index is 12.2. The molecule has 1 aliphatic heterocycles. The van der Waals surface area contributed by atoms with Crippen molar-refractivity contribution >= 4 is 23.4 Å². The van der Waals surface area contributed by atoms with Gasteiger partial charge in [-0.05, 0) is 24.3 Å². The van der Waals surface area contributed by atoms with Crippen LogP contribution >= 0.6 is 0 Å². The van der Waals surface area contributed by atoms with Gasteiger partial charge in [0.05, 0.1) is 36.5 Å². The number of rotatable bonds is 6. The van der Waals surface area contributed by atoms with Crippen LogP contribution in [0, 0.1) is 10.1 Å². The molecule has 0 unspecified atom stereocenters. The van der Waals surface area contributed by atoms with E-state index >= 15 is 0 Å². The molecule has 0 spiro atoms. The molecule has 0 saturated heterocycles. The second-order valence-electron chi connectivity index (χ2n) is 5.41. The molecule has 0 fully saturated rings. The summed E-state index contributed by atoms with van der Waals surface area (Å²) in [7, 11) is 2.99. The monoisotopic (exact) mass is 372 g/mol. The number of anilines is 1. The SMILES string of the molecule is COc1ccc(NC(=O)/C=C/c2cc3c(cc2[N+](=O)[O-])OCO3)c(OC)c1. The highest BCUT2D eigenvalue weighted by atomic mass is 16.7. The van der Waals surface area contributed by atoms with Crippen molar-refractivity contribution < 1.29 is 28.7 Å². The van der Waals surface area contributed by atoms with E-state index in [1.807, 2.05) is 0 Å². The predicted molar refractivity (Wildman–Crippen MR) is 96.4 cm³/mol. The molecule has 3 rings (SSSR count). The number of carbonyl (C=O) groups is 1. The minimum Gasteiger partial charge on any atom is -0.497 e. The van der Waals surface area contributed by atoms with Crippen molar-refractivity contribution in [1.29, 1.82) is 0 Å². The maximum Gasteiger partial charge on any atom is 0.280 e. The van der Waals surface area contributed by atoms with Crippen LogP contribution in [0.2, 0.25) is 0 Å². The number of methoxy groups -OCH3 is 2. The zero-order valence-electron chi connectivity index (χ0n) is 14.6. The summed E-state index contributed by atoms with van der Waals surface area (Å²) in [6, 6.07) is 7.66. The molecule has 1 amide bonds. The fourth-order valence-electron chi connectivity index (χ4n) is 2.48. The number of carbonyl (C=O) groups excluding carboxylic acids is 1. The molecule has 0 aliphatic carbocycles. The molecule has 1 aliphatic rings. The summed E-state index contributed by atoms with van der Waals surface area (Å²) in [5.74, 6) is 1.20. The van der Waals surface area contributed by atoms with E-state index in [1.54, 1.807) is 18.2 Å². The smallest absolute Gasteiger partial charge is 0.280 e. The molecule has 27 heavy (non-hydrogen) atoms. The summed E-state index contributed by atoms with van der Waals surface area (Å²) in [4.78, 5) is 22.9. The molecule has 2 aromatic carbocycles. The lowest BCUT2D eigenvalue weighted by atomic mass is 10.1. The lowest BCUT2D eigenvalue weighted by Crippen LogP contribution is -2.09. The topological polar surface area (TPSA) is 109 Å². The van der Waals surface area contributed by atoms with Crippen molar-refractivity contribution in [1.82, 2.24) is 0 Å². The van der Waals surface area contributed by atoms with Gasteiger partial charge in [0.15, 0.2) is 11.5 Å². The number of benzene rings is 2. The molecule has 1 heterocycles. The standard InChI is InChI=1S/C18H16N2O7/c1-24-12-4-5-13(15(8-12)25-2)19-18(21)6-3-11-7-16-17(27-10-26-16)9-14(11)20(22)23/h3-9H,10H2,1-2H3,(H,19,21)/b6-3+. The first-order valence-electron chi connectivity index (χ1n) is 7.81. The van der Waals surface area contributed by atoms with Crippen LogP contribution in [0.1, 0.15) is 5.56 Å². The lowest BCUT2D eigenvalue weighted by Gasteiger charge is -2.10. The van der Waals surface area contributed by atoms with Gasteiger partial charge in [-0.2, -0.15) is 0 Å². The van der Waals surface area contributed by atoms with Crippen LogP contribution in [0.15, 0.2) is 36.4 Å². The fourth-order valence-corrected chi connectivity index (χ4v) is 2.48. The van der Waals surface area contributed by atoms with Gasteiger partial charge in [-0.3, -0.25) is 14.9 Å². The third-order valence-corrected chi connectivity index (χ3v) is 3.80. The maximum atomic E-state index is 12.2. The van der Waals surface area contributed by atoms with Crippen LogP contribution in [0.4, 0.5) is 11.4 Å². The van der Waals surface area contributed by atoms with E-state index < -0.39 is 10.8 Å². The van der Waals surface area contributed by atoms with Crippen LogP contribution in [0.3, 0.4) is 0 Å². The molecular weight excluding hydrogens is 356 g/mol. The number of hydrogen-bond donors (Lipinski definition) is 1. The molecule has 9 heteroatoms. The van der Waals surface area contributed by atoms with Crippen LogP contribution in [0.5, 0.6) is 23.0 Å². The number of nitrogens with one attached hydrogen (secondary N) is 1. The van der Waals surface area contributed by atoms with Crippen molar-refractivity contribution in [3.05, 3.63) is 52.1 Å². The number of nitro benzene ring substituents is 1. The van der Waals surface area contributed by atoms with Crippen molar-refractivity contribution in [3.63, 3.8) is 0 Å². The molecule has 140 valence electrons. The van der Waals surface area contributed by atoms with Crippen LogP contribution < -0.4 is 24.3 Å². The summed E-state index contributed by atoms with van der Waals surface area (Å²) in [6.07, 6.45) is 2.53. The van der Waals surface area contributed by atoms with Gasteiger partial charge in [-0.1, -0.05) is 0 Å². The summed E-state index contributed by atoms with van der Waals surface area (Å²) in [5, 5.41) is 13.9. The number of amides is 1. The highest BCUT2D eigenvalue weighted by Crippen LogP contribution is 2.38. The average Bonchev–Trinajstić information content (AvgIpc) is 3.13. The molecule has 9 nitrogen and oxygen atoms in total. The van der Waals surface area contributed by atoms with Gasteiger partial charge in [0.2, 0.25) is 12.7 Å². The van der Waals surface area contributed by atoms with Gasteiger partial charge in [0.25, 0.3) is 5.69 Å². The van der Waals surface area contributed by atoms with Gasteiger partial charge < -0.3 is 24.3 Å². The Morgan fingerprint density at radius 3 is 2.59 bits per heavy atom. The second-order valence-corrected chi connectivity index (χ2v) is 5.41. The van der Waals surface area contributed by atoms with Gasteiger partial charge in [-0.15, -0.1) is 0 Å². The molecule has 2 aromatic rings. The third-order valence-electron chi connectivity index (χ3n) is 3.80. The van der Waals surface area contributed by atoms with Crippen LogP contribution in [-0.2, 0) is 4.79 Å². The van der Waals surface area contributed by atoms with E-state index in [-0.39, 0.29) is 18.0 Å². The first-order chi connectivity index (χ1) is 13.0.